The molecular weight excluding hydrogens is 353 g/mol. The molecule has 4 nitrogen and oxygen atoms in total. The Morgan fingerprint density at radius 1 is 1.42 bits per heavy atom. The molecule has 1 aliphatic heterocycles. The molecule has 2 aliphatic rings. The van der Waals surface area contributed by atoms with Crippen molar-refractivity contribution in [2.45, 2.75) is 52.2 Å². The number of aliphatic imine (C=N–C) groups is 1. The molecule has 1 fully saturated rings. The van der Waals surface area contributed by atoms with Gasteiger partial charge in [0.2, 0.25) is 0 Å². The van der Waals surface area contributed by atoms with Gasteiger partial charge >= 0.3 is 0 Å². The van der Waals surface area contributed by atoms with Crippen LogP contribution in [0.5, 0.6) is 0 Å². The van der Waals surface area contributed by atoms with Crippen molar-refractivity contribution in [3.63, 3.8) is 0 Å². The molecule has 2 N–H and O–H groups in total. The number of guanidine groups is 1. The third-order valence-corrected chi connectivity index (χ3v) is 4.95. The van der Waals surface area contributed by atoms with Crippen LogP contribution in [0.4, 0.5) is 0 Å². The van der Waals surface area contributed by atoms with Gasteiger partial charge in [0.25, 0.3) is 0 Å². The Balaban J connectivity index is 0.00000180. The SMILES string of the molecule is CCC1(CC)C(NC2=NCCCN2)C(C)C1OC.I. The van der Waals surface area contributed by atoms with E-state index < -0.39 is 0 Å². The van der Waals surface area contributed by atoms with Gasteiger partial charge in [-0.2, -0.15) is 0 Å². The molecule has 19 heavy (non-hydrogen) atoms. The molecule has 0 amide bonds. The summed E-state index contributed by atoms with van der Waals surface area (Å²) in [5.74, 6) is 1.53. The Bertz CT molecular complexity index is 318. The summed E-state index contributed by atoms with van der Waals surface area (Å²) in [6.45, 7) is 8.79. The predicted molar refractivity (Wildman–Crippen MR) is 90.2 cm³/mol. The minimum absolute atomic E-state index is 0. The van der Waals surface area contributed by atoms with Crippen LogP contribution >= 0.6 is 24.0 Å². The largest absolute Gasteiger partial charge is 0.380 e. The maximum atomic E-state index is 5.72. The number of halogens is 1. The fourth-order valence-corrected chi connectivity index (χ4v) is 3.87. The second-order valence-corrected chi connectivity index (χ2v) is 5.59. The molecule has 0 bridgehead atoms. The van der Waals surface area contributed by atoms with Crippen molar-refractivity contribution in [1.82, 2.24) is 10.6 Å². The van der Waals surface area contributed by atoms with E-state index in [1.807, 2.05) is 7.11 Å². The van der Waals surface area contributed by atoms with E-state index in [9.17, 15) is 0 Å². The van der Waals surface area contributed by atoms with Crippen LogP contribution in [0.3, 0.4) is 0 Å². The summed E-state index contributed by atoms with van der Waals surface area (Å²) in [6.07, 6.45) is 3.81. The summed E-state index contributed by atoms with van der Waals surface area (Å²) in [4.78, 5) is 4.52. The summed E-state index contributed by atoms with van der Waals surface area (Å²) >= 11 is 0. The lowest BCUT2D eigenvalue weighted by Crippen LogP contribution is -2.71. The summed E-state index contributed by atoms with van der Waals surface area (Å²) in [5, 5.41) is 6.98. The number of hydrogen-bond donors (Lipinski definition) is 2. The van der Waals surface area contributed by atoms with Crippen molar-refractivity contribution < 1.29 is 4.74 Å². The summed E-state index contributed by atoms with van der Waals surface area (Å²) in [6, 6.07) is 0.474. The molecule has 1 saturated carbocycles. The van der Waals surface area contributed by atoms with E-state index in [4.69, 9.17) is 4.74 Å². The highest BCUT2D eigenvalue weighted by molar-refractivity contribution is 14.0. The molecule has 0 aromatic carbocycles. The monoisotopic (exact) mass is 381 g/mol. The first-order valence-corrected chi connectivity index (χ1v) is 7.27. The van der Waals surface area contributed by atoms with Gasteiger partial charge in [0, 0.05) is 37.6 Å². The van der Waals surface area contributed by atoms with Gasteiger partial charge in [-0.25, -0.2) is 0 Å². The van der Waals surface area contributed by atoms with Crippen molar-refractivity contribution in [3.05, 3.63) is 0 Å². The van der Waals surface area contributed by atoms with E-state index in [1.54, 1.807) is 0 Å². The first-order chi connectivity index (χ1) is 8.69. The molecule has 112 valence electrons. The van der Waals surface area contributed by atoms with Crippen LogP contribution in [0, 0.1) is 11.3 Å². The van der Waals surface area contributed by atoms with Gasteiger partial charge < -0.3 is 15.4 Å². The molecule has 3 atom stereocenters. The highest BCUT2D eigenvalue weighted by atomic mass is 127. The Morgan fingerprint density at radius 3 is 2.58 bits per heavy atom. The fraction of sp³-hybridized carbons (Fsp3) is 0.929. The fourth-order valence-electron chi connectivity index (χ4n) is 3.87. The van der Waals surface area contributed by atoms with E-state index in [1.165, 1.54) is 0 Å². The zero-order chi connectivity index (χ0) is 13.2. The van der Waals surface area contributed by atoms with Crippen LogP contribution in [0.1, 0.15) is 40.0 Å². The molecule has 0 aromatic rings. The zero-order valence-electron chi connectivity index (χ0n) is 12.5. The number of rotatable bonds is 4. The van der Waals surface area contributed by atoms with E-state index >= 15 is 0 Å². The third kappa shape index (κ3) is 2.86. The number of hydrogen-bond acceptors (Lipinski definition) is 4. The molecular formula is C14H28IN3O. The molecule has 0 aromatic heterocycles. The maximum absolute atomic E-state index is 5.72. The Labute approximate surface area is 134 Å². The first kappa shape index (κ1) is 17.0. The Hall–Kier alpha value is -0.0400. The van der Waals surface area contributed by atoms with Crippen LogP contribution in [-0.4, -0.2) is 38.3 Å². The van der Waals surface area contributed by atoms with Crippen molar-refractivity contribution in [1.29, 1.82) is 0 Å². The van der Waals surface area contributed by atoms with Crippen LogP contribution in [0.15, 0.2) is 4.99 Å². The number of nitrogens with zero attached hydrogens (tertiary/aromatic N) is 1. The highest BCUT2D eigenvalue weighted by Gasteiger charge is 2.58. The topological polar surface area (TPSA) is 45.7 Å². The van der Waals surface area contributed by atoms with Gasteiger partial charge in [0.05, 0.1) is 6.10 Å². The second-order valence-electron chi connectivity index (χ2n) is 5.59. The zero-order valence-corrected chi connectivity index (χ0v) is 14.9. The molecule has 5 heteroatoms. The average Bonchev–Trinajstić information content (AvgIpc) is 2.43. The predicted octanol–water partition coefficient (Wildman–Crippen LogP) is 2.38. The molecule has 0 radical (unpaired) electrons. The molecule has 3 unspecified atom stereocenters. The van der Waals surface area contributed by atoms with Gasteiger partial charge in [0.15, 0.2) is 5.96 Å². The number of methoxy groups -OCH3 is 1. The van der Waals surface area contributed by atoms with E-state index in [0.717, 1.165) is 38.3 Å². The summed E-state index contributed by atoms with van der Waals surface area (Å²) in [7, 11) is 1.84. The van der Waals surface area contributed by atoms with E-state index in [-0.39, 0.29) is 29.4 Å². The minimum atomic E-state index is 0. The Morgan fingerprint density at radius 2 is 2.11 bits per heavy atom. The van der Waals surface area contributed by atoms with Crippen molar-refractivity contribution in [2.75, 3.05) is 20.2 Å². The smallest absolute Gasteiger partial charge is 0.191 e. The van der Waals surface area contributed by atoms with E-state index in [2.05, 4.69) is 36.4 Å². The van der Waals surface area contributed by atoms with Crippen molar-refractivity contribution >= 4 is 29.9 Å². The quantitative estimate of drug-likeness (QED) is 0.736. The van der Waals surface area contributed by atoms with Gasteiger partial charge in [-0.1, -0.05) is 20.8 Å². The van der Waals surface area contributed by atoms with Gasteiger partial charge in [-0.3, -0.25) is 4.99 Å². The van der Waals surface area contributed by atoms with Gasteiger partial charge in [-0.05, 0) is 19.3 Å². The molecule has 2 rings (SSSR count). The number of nitrogens with one attached hydrogen (secondary N) is 2. The van der Waals surface area contributed by atoms with Crippen molar-refractivity contribution in [3.8, 4) is 0 Å². The highest BCUT2D eigenvalue weighted by Crippen LogP contribution is 2.52. The van der Waals surface area contributed by atoms with Crippen LogP contribution in [0.2, 0.25) is 0 Å². The lowest BCUT2D eigenvalue weighted by molar-refractivity contribution is -0.163. The number of ether oxygens (including phenoxy) is 1. The first-order valence-electron chi connectivity index (χ1n) is 7.27. The molecule has 0 saturated heterocycles. The summed E-state index contributed by atoms with van der Waals surface area (Å²) in [5.41, 5.74) is 0.260. The minimum Gasteiger partial charge on any atom is -0.380 e. The molecule has 1 heterocycles. The maximum Gasteiger partial charge on any atom is 0.191 e. The van der Waals surface area contributed by atoms with Crippen LogP contribution < -0.4 is 10.6 Å². The standard InChI is InChI=1S/C14H27N3O.HI/c1-5-14(6-2)11(10(3)12(14)18-4)17-13-15-8-7-9-16-13;/h10-12H,5-9H2,1-4H3,(H2,15,16,17);1H. The van der Waals surface area contributed by atoms with Gasteiger partial charge in [-0.15, -0.1) is 24.0 Å². The van der Waals surface area contributed by atoms with Crippen LogP contribution in [0.25, 0.3) is 0 Å². The normalized spacial score (nSPS) is 32.4. The van der Waals surface area contributed by atoms with Gasteiger partial charge in [0.1, 0.15) is 0 Å². The van der Waals surface area contributed by atoms with Crippen molar-refractivity contribution in [2.24, 2.45) is 16.3 Å². The lowest BCUT2D eigenvalue weighted by atomic mass is 9.53. The average molecular weight is 381 g/mol. The summed E-state index contributed by atoms with van der Waals surface area (Å²) < 4.78 is 5.72. The Kier molecular flexibility index (Phi) is 6.36. The van der Waals surface area contributed by atoms with Crippen LogP contribution in [-0.2, 0) is 4.74 Å². The van der Waals surface area contributed by atoms with E-state index in [0.29, 0.717) is 18.1 Å². The lowest BCUT2D eigenvalue weighted by Gasteiger charge is -2.60. The third-order valence-electron chi connectivity index (χ3n) is 4.95. The molecule has 1 aliphatic carbocycles. The molecule has 0 spiro atoms. The second kappa shape index (κ2) is 7.11.